The monoisotopic (exact) mass is 430 g/mol. The molecule has 0 aliphatic carbocycles. The Kier molecular flexibility index (Phi) is 7.15. The van der Waals surface area contributed by atoms with E-state index in [1.165, 1.54) is 10.4 Å². The zero-order valence-corrected chi connectivity index (χ0v) is 18.6. The molecule has 1 amide bonds. The summed E-state index contributed by atoms with van der Waals surface area (Å²) < 4.78 is 32.4. The van der Waals surface area contributed by atoms with Gasteiger partial charge in [0.1, 0.15) is 5.75 Å². The van der Waals surface area contributed by atoms with E-state index in [2.05, 4.69) is 19.2 Å². The number of carbonyl (C=O) groups is 1. The Bertz CT molecular complexity index is 965. The average molecular weight is 431 g/mol. The third kappa shape index (κ3) is 5.21. The van der Waals surface area contributed by atoms with Crippen LogP contribution in [0.5, 0.6) is 5.75 Å². The molecule has 1 saturated heterocycles. The van der Waals surface area contributed by atoms with Crippen LogP contribution >= 0.6 is 0 Å². The molecule has 1 aliphatic heterocycles. The minimum Gasteiger partial charge on any atom is -0.497 e. The Morgan fingerprint density at radius 3 is 2.37 bits per heavy atom. The van der Waals surface area contributed by atoms with Crippen molar-refractivity contribution >= 4 is 15.9 Å². The maximum atomic E-state index is 13.0. The number of rotatable bonds is 8. The van der Waals surface area contributed by atoms with E-state index in [-0.39, 0.29) is 16.8 Å². The normalized spacial score (nSPS) is 15.9. The molecular weight excluding hydrogens is 400 g/mol. The third-order valence-electron chi connectivity index (χ3n) is 5.33. The van der Waals surface area contributed by atoms with E-state index in [1.807, 2.05) is 24.3 Å². The van der Waals surface area contributed by atoms with Gasteiger partial charge >= 0.3 is 0 Å². The van der Waals surface area contributed by atoms with Crippen LogP contribution in [0.25, 0.3) is 0 Å². The minimum absolute atomic E-state index is 0.168. The lowest BCUT2D eigenvalue weighted by molar-refractivity contribution is 0.0931. The molecule has 0 unspecified atom stereocenters. The Morgan fingerprint density at radius 1 is 1.10 bits per heavy atom. The molecule has 30 heavy (non-hydrogen) atoms. The number of ether oxygens (including phenoxy) is 1. The van der Waals surface area contributed by atoms with Crippen LogP contribution in [0.4, 0.5) is 0 Å². The molecule has 1 N–H and O–H groups in total. The SMILES string of the molecule is COc1ccc([C@H](CC(C)C)NC(=O)c2cccc(S(=O)(=O)N3CCCC3)c2)cc1. The van der Waals surface area contributed by atoms with Crippen LogP contribution in [0, 0.1) is 5.92 Å². The van der Waals surface area contributed by atoms with Gasteiger partial charge in [0.15, 0.2) is 0 Å². The Hall–Kier alpha value is -2.38. The fourth-order valence-electron chi connectivity index (χ4n) is 3.70. The van der Waals surface area contributed by atoms with Gasteiger partial charge < -0.3 is 10.1 Å². The average Bonchev–Trinajstić information content (AvgIpc) is 3.29. The quantitative estimate of drug-likeness (QED) is 0.687. The first-order valence-corrected chi connectivity index (χ1v) is 11.8. The van der Waals surface area contributed by atoms with Crippen molar-refractivity contribution in [3.05, 3.63) is 59.7 Å². The standard InChI is InChI=1S/C23H30N2O4S/c1-17(2)15-22(18-9-11-20(29-3)12-10-18)24-23(26)19-7-6-8-21(16-19)30(27,28)25-13-4-5-14-25/h6-12,16-17,22H,4-5,13-15H2,1-3H3,(H,24,26)/t22-/m0/s1. The number of carbonyl (C=O) groups excluding carboxylic acids is 1. The summed E-state index contributed by atoms with van der Waals surface area (Å²) in [4.78, 5) is 13.2. The zero-order chi connectivity index (χ0) is 21.7. The second-order valence-electron chi connectivity index (χ2n) is 8.07. The Morgan fingerprint density at radius 2 is 1.77 bits per heavy atom. The first-order valence-electron chi connectivity index (χ1n) is 10.4. The molecule has 1 aliphatic rings. The predicted molar refractivity (Wildman–Crippen MR) is 117 cm³/mol. The number of hydrogen-bond donors (Lipinski definition) is 1. The van der Waals surface area contributed by atoms with Crippen LogP contribution in [-0.2, 0) is 10.0 Å². The number of sulfonamides is 1. The van der Waals surface area contributed by atoms with E-state index >= 15 is 0 Å². The lowest BCUT2D eigenvalue weighted by atomic mass is 9.96. The third-order valence-corrected chi connectivity index (χ3v) is 7.22. The van der Waals surface area contributed by atoms with Crippen LogP contribution in [0.1, 0.15) is 55.1 Å². The van der Waals surface area contributed by atoms with E-state index in [0.29, 0.717) is 24.6 Å². The molecular formula is C23H30N2O4S. The molecule has 1 heterocycles. The van der Waals surface area contributed by atoms with E-state index in [4.69, 9.17) is 4.74 Å². The molecule has 162 valence electrons. The zero-order valence-electron chi connectivity index (χ0n) is 17.8. The number of hydrogen-bond acceptors (Lipinski definition) is 4. The first-order chi connectivity index (χ1) is 14.3. The summed E-state index contributed by atoms with van der Waals surface area (Å²) in [6, 6.07) is 13.8. The summed E-state index contributed by atoms with van der Waals surface area (Å²) >= 11 is 0. The van der Waals surface area contributed by atoms with Crippen molar-refractivity contribution in [3.8, 4) is 5.75 Å². The van der Waals surface area contributed by atoms with Crippen molar-refractivity contribution < 1.29 is 17.9 Å². The second kappa shape index (κ2) is 9.62. The maximum Gasteiger partial charge on any atom is 0.251 e. The van der Waals surface area contributed by atoms with Crippen LogP contribution in [0.3, 0.4) is 0 Å². The Labute approximate surface area is 179 Å². The van der Waals surface area contributed by atoms with E-state index in [0.717, 1.165) is 30.6 Å². The summed E-state index contributed by atoms with van der Waals surface area (Å²) in [6.45, 7) is 5.28. The van der Waals surface area contributed by atoms with Gasteiger partial charge in [0.25, 0.3) is 5.91 Å². The van der Waals surface area contributed by atoms with E-state index < -0.39 is 10.0 Å². The highest BCUT2D eigenvalue weighted by Crippen LogP contribution is 2.25. The van der Waals surface area contributed by atoms with Gasteiger partial charge in [-0.2, -0.15) is 4.31 Å². The number of methoxy groups -OCH3 is 1. The van der Waals surface area contributed by atoms with E-state index in [9.17, 15) is 13.2 Å². The number of amides is 1. The van der Waals surface area contributed by atoms with Crippen molar-refractivity contribution in [1.29, 1.82) is 0 Å². The van der Waals surface area contributed by atoms with Crippen molar-refractivity contribution in [2.45, 2.75) is 44.0 Å². The van der Waals surface area contributed by atoms with Crippen molar-refractivity contribution in [1.82, 2.24) is 9.62 Å². The van der Waals surface area contributed by atoms with Crippen molar-refractivity contribution in [2.75, 3.05) is 20.2 Å². The summed E-state index contributed by atoms with van der Waals surface area (Å²) in [5.41, 5.74) is 1.33. The lowest BCUT2D eigenvalue weighted by Crippen LogP contribution is -2.30. The molecule has 0 aromatic heterocycles. The van der Waals surface area contributed by atoms with Gasteiger partial charge in [-0.05, 0) is 61.1 Å². The van der Waals surface area contributed by atoms with Gasteiger partial charge in [0.2, 0.25) is 10.0 Å². The lowest BCUT2D eigenvalue weighted by Gasteiger charge is -2.22. The number of nitrogens with zero attached hydrogens (tertiary/aromatic N) is 1. The second-order valence-corrected chi connectivity index (χ2v) is 10.0. The summed E-state index contributed by atoms with van der Waals surface area (Å²) in [6.07, 6.45) is 2.51. The summed E-state index contributed by atoms with van der Waals surface area (Å²) in [5.74, 6) is 0.849. The molecule has 0 radical (unpaired) electrons. The van der Waals surface area contributed by atoms with Gasteiger partial charge in [-0.15, -0.1) is 0 Å². The first kappa shape index (κ1) is 22.3. The Balaban J connectivity index is 1.81. The number of nitrogens with one attached hydrogen (secondary N) is 1. The number of benzene rings is 2. The fourth-order valence-corrected chi connectivity index (χ4v) is 5.27. The van der Waals surface area contributed by atoms with Gasteiger partial charge in [-0.3, -0.25) is 4.79 Å². The molecule has 6 nitrogen and oxygen atoms in total. The molecule has 0 bridgehead atoms. The maximum absolute atomic E-state index is 13.0. The molecule has 1 fully saturated rings. The predicted octanol–water partition coefficient (Wildman–Crippen LogP) is 4.00. The van der Waals surface area contributed by atoms with Gasteiger partial charge in [0, 0.05) is 18.7 Å². The van der Waals surface area contributed by atoms with E-state index in [1.54, 1.807) is 25.3 Å². The van der Waals surface area contributed by atoms with Crippen LogP contribution in [0.2, 0.25) is 0 Å². The molecule has 1 atom stereocenters. The molecule has 3 rings (SSSR count). The van der Waals surface area contributed by atoms with Gasteiger partial charge in [-0.1, -0.05) is 32.0 Å². The molecule has 7 heteroatoms. The summed E-state index contributed by atoms with van der Waals surface area (Å²) in [5, 5.41) is 3.08. The molecule has 2 aromatic rings. The highest BCUT2D eigenvalue weighted by atomic mass is 32.2. The minimum atomic E-state index is -3.56. The highest BCUT2D eigenvalue weighted by Gasteiger charge is 2.28. The van der Waals surface area contributed by atoms with Crippen LogP contribution in [-0.4, -0.2) is 38.8 Å². The van der Waals surface area contributed by atoms with Gasteiger partial charge in [0.05, 0.1) is 18.0 Å². The van der Waals surface area contributed by atoms with Crippen LogP contribution < -0.4 is 10.1 Å². The highest BCUT2D eigenvalue weighted by molar-refractivity contribution is 7.89. The van der Waals surface area contributed by atoms with Crippen molar-refractivity contribution in [3.63, 3.8) is 0 Å². The fraction of sp³-hybridized carbons (Fsp3) is 0.435. The molecule has 0 saturated carbocycles. The molecule has 2 aromatic carbocycles. The largest absolute Gasteiger partial charge is 0.497 e. The van der Waals surface area contributed by atoms with Crippen LogP contribution in [0.15, 0.2) is 53.4 Å². The topological polar surface area (TPSA) is 75.7 Å². The van der Waals surface area contributed by atoms with Gasteiger partial charge in [-0.25, -0.2) is 8.42 Å². The smallest absolute Gasteiger partial charge is 0.251 e. The molecule has 0 spiro atoms. The van der Waals surface area contributed by atoms with Crippen molar-refractivity contribution in [2.24, 2.45) is 5.92 Å². The summed E-state index contributed by atoms with van der Waals surface area (Å²) in [7, 11) is -1.95.